The summed E-state index contributed by atoms with van der Waals surface area (Å²) in [5.74, 6) is -0.982. The summed E-state index contributed by atoms with van der Waals surface area (Å²) >= 11 is 1.54. The Hall–Kier alpha value is -1.99. The molecule has 1 unspecified atom stereocenters. The number of benzene rings is 1. The van der Waals surface area contributed by atoms with Gasteiger partial charge in [-0.3, -0.25) is 4.79 Å². The van der Waals surface area contributed by atoms with Gasteiger partial charge in [-0.2, -0.15) is 0 Å². The minimum absolute atomic E-state index is 0.202. The van der Waals surface area contributed by atoms with E-state index in [1.807, 2.05) is 24.3 Å². The number of thiazole rings is 1. The lowest BCUT2D eigenvalue weighted by Crippen LogP contribution is -2.44. The lowest BCUT2D eigenvalue weighted by atomic mass is 10.2. The van der Waals surface area contributed by atoms with Crippen LogP contribution in [0.15, 0.2) is 24.3 Å². The topological polar surface area (TPSA) is 88.5 Å². The molecule has 0 fully saturated rings. The van der Waals surface area contributed by atoms with Crippen molar-refractivity contribution in [1.82, 2.24) is 10.3 Å². The number of esters is 1. The van der Waals surface area contributed by atoms with E-state index in [0.717, 1.165) is 15.2 Å². The third kappa shape index (κ3) is 3.99. The Morgan fingerprint density at radius 1 is 1.43 bits per heavy atom. The number of ether oxygens (including phenoxy) is 1. The van der Waals surface area contributed by atoms with Crippen molar-refractivity contribution < 1.29 is 19.4 Å². The summed E-state index contributed by atoms with van der Waals surface area (Å²) in [6.45, 7) is -0.487. The van der Waals surface area contributed by atoms with Crippen molar-refractivity contribution >= 4 is 33.4 Å². The Morgan fingerprint density at radius 2 is 2.19 bits per heavy atom. The fourth-order valence-electron chi connectivity index (χ4n) is 1.84. The van der Waals surface area contributed by atoms with Crippen molar-refractivity contribution in [2.45, 2.75) is 18.9 Å². The molecule has 6 nitrogen and oxygen atoms in total. The van der Waals surface area contributed by atoms with E-state index < -0.39 is 18.6 Å². The molecule has 1 aromatic heterocycles. The van der Waals surface area contributed by atoms with E-state index in [-0.39, 0.29) is 12.3 Å². The number of fused-ring (bicyclic) bond motifs is 1. The Bertz CT molecular complexity index is 608. The van der Waals surface area contributed by atoms with Gasteiger partial charge in [-0.05, 0) is 12.1 Å². The quantitative estimate of drug-likeness (QED) is 0.773. The molecule has 0 bridgehead atoms. The van der Waals surface area contributed by atoms with E-state index >= 15 is 0 Å². The van der Waals surface area contributed by atoms with Gasteiger partial charge in [-0.15, -0.1) is 11.3 Å². The molecule has 112 valence electrons. The van der Waals surface area contributed by atoms with Crippen LogP contribution in [0.5, 0.6) is 0 Å². The van der Waals surface area contributed by atoms with Crippen LogP contribution in [0, 0.1) is 0 Å². The summed E-state index contributed by atoms with van der Waals surface area (Å²) < 4.78 is 5.56. The van der Waals surface area contributed by atoms with Crippen molar-refractivity contribution in [3.8, 4) is 0 Å². The monoisotopic (exact) mass is 308 g/mol. The average Bonchev–Trinajstić information content (AvgIpc) is 2.92. The molecule has 0 aliphatic heterocycles. The van der Waals surface area contributed by atoms with Gasteiger partial charge in [0.25, 0.3) is 0 Å². The smallest absolute Gasteiger partial charge is 0.330 e. The molecule has 1 amide bonds. The van der Waals surface area contributed by atoms with Crippen LogP contribution in [-0.4, -0.2) is 41.7 Å². The highest BCUT2D eigenvalue weighted by Gasteiger charge is 2.20. The Balaban J connectivity index is 1.90. The molecule has 0 radical (unpaired) electrons. The van der Waals surface area contributed by atoms with E-state index in [0.29, 0.717) is 6.42 Å². The van der Waals surface area contributed by atoms with E-state index in [9.17, 15) is 9.59 Å². The van der Waals surface area contributed by atoms with Crippen molar-refractivity contribution in [2.24, 2.45) is 0 Å². The number of nitrogens with zero attached hydrogens (tertiary/aromatic N) is 1. The third-order valence-electron chi connectivity index (χ3n) is 2.91. The third-order valence-corrected chi connectivity index (χ3v) is 4.00. The van der Waals surface area contributed by atoms with Gasteiger partial charge in [0, 0.05) is 12.8 Å². The molecule has 0 saturated heterocycles. The van der Waals surface area contributed by atoms with Gasteiger partial charge < -0.3 is 15.2 Å². The van der Waals surface area contributed by atoms with Crippen molar-refractivity contribution in [3.63, 3.8) is 0 Å². The number of aryl methyl sites for hydroxylation is 1. The predicted molar refractivity (Wildman–Crippen MR) is 79.0 cm³/mol. The van der Waals surface area contributed by atoms with Gasteiger partial charge in [0.2, 0.25) is 5.91 Å². The molecule has 0 saturated carbocycles. The van der Waals surface area contributed by atoms with E-state index in [1.54, 1.807) is 11.3 Å². The molecule has 2 rings (SSSR count). The van der Waals surface area contributed by atoms with E-state index in [1.165, 1.54) is 7.11 Å². The first-order valence-corrected chi connectivity index (χ1v) is 7.28. The summed E-state index contributed by atoms with van der Waals surface area (Å²) in [6, 6.07) is 6.75. The zero-order chi connectivity index (χ0) is 15.2. The minimum atomic E-state index is -1.02. The number of carbonyl (C=O) groups is 2. The van der Waals surface area contributed by atoms with Gasteiger partial charge >= 0.3 is 5.97 Å². The van der Waals surface area contributed by atoms with Gasteiger partial charge in [0.1, 0.15) is 0 Å². The number of carbonyl (C=O) groups excluding carboxylic acids is 2. The number of para-hydroxylation sites is 1. The standard InChI is InChI=1S/C14H16N2O4S/c1-20-14(19)10(8-17)15-12(18)6-7-13-16-9-4-2-3-5-11(9)21-13/h2-5,10,17H,6-8H2,1H3,(H,15,18). The van der Waals surface area contributed by atoms with Crippen LogP contribution in [0.1, 0.15) is 11.4 Å². The van der Waals surface area contributed by atoms with Gasteiger partial charge in [0.05, 0.1) is 28.9 Å². The number of hydrogen-bond donors (Lipinski definition) is 2. The van der Waals surface area contributed by atoms with E-state index in [4.69, 9.17) is 5.11 Å². The molecule has 1 heterocycles. The second-order valence-corrected chi connectivity index (χ2v) is 5.52. The molecule has 0 aliphatic carbocycles. The fraction of sp³-hybridized carbons (Fsp3) is 0.357. The second kappa shape index (κ2) is 7.14. The highest BCUT2D eigenvalue weighted by atomic mass is 32.1. The van der Waals surface area contributed by atoms with Crippen LogP contribution in [0.2, 0.25) is 0 Å². The number of aliphatic hydroxyl groups is 1. The number of amides is 1. The number of aromatic nitrogens is 1. The first-order valence-electron chi connectivity index (χ1n) is 6.46. The zero-order valence-corrected chi connectivity index (χ0v) is 12.4. The molecule has 2 aromatic rings. The molecule has 0 aliphatic rings. The highest BCUT2D eigenvalue weighted by molar-refractivity contribution is 7.18. The average molecular weight is 308 g/mol. The number of aliphatic hydroxyl groups excluding tert-OH is 1. The number of hydrogen-bond acceptors (Lipinski definition) is 6. The maximum absolute atomic E-state index is 11.8. The van der Waals surface area contributed by atoms with Crippen molar-refractivity contribution in [1.29, 1.82) is 0 Å². The highest BCUT2D eigenvalue weighted by Crippen LogP contribution is 2.22. The summed E-state index contributed by atoms with van der Waals surface area (Å²) in [5, 5.41) is 12.3. The molecular formula is C14H16N2O4S. The molecule has 2 N–H and O–H groups in total. The molecule has 21 heavy (non-hydrogen) atoms. The number of methoxy groups -OCH3 is 1. The van der Waals surface area contributed by atoms with Crippen LogP contribution in [0.25, 0.3) is 10.2 Å². The SMILES string of the molecule is COC(=O)C(CO)NC(=O)CCc1nc2ccccc2s1. The summed E-state index contributed by atoms with van der Waals surface area (Å²) in [5.41, 5.74) is 0.917. The Kier molecular flexibility index (Phi) is 5.24. The van der Waals surface area contributed by atoms with Gasteiger partial charge in [0.15, 0.2) is 6.04 Å². The fourth-order valence-corrected chi connectivity index (χ4v) is 2.80. The Morgan fingerprint density at radius 3 is 2.86 bits per heavy atom. The van der Waals surface area contributed by atoms with Crippen molar-refractivity contribution in [2.75, 3.05) is 13.7 Å². The molecular weight excluding hydrogens is 292 g/mol. The lowest BCUT2D eigenvalue weighted by molar-refractivity contribution is -0.146. The van der Waals surface area contributed by atoms with Crippen LogP contribution in [0.4, 0.5) is 0 Å². The van der Waals surface area contributed by atoms with Gasteiger partial charge in [-0.1, -0.05) is 12.1 Å². The first kappa shape index (κ1) is 15.4. The largest absolute Gasteiger partial charge is 0.467 e. The first-order chi connectivity index (χ1) is 10.1. The maximum atomic E-state index is 11.8. The van der Waals surface area contributed by atoms with Crippen molar-refractivity contribution in [3.05, 3.63) is 29.3 Å². The van der Waals surface area contributed by atoms with E-state index in [2.05, 4.69) is 15.0 Å². The lowest BCUT2D eigenvalue weighted by Gasteiger charge is -2.13. The minimum Gasteiger partial charge on any atom is -0.467 e. The summed E-state index contributed by atoms with van der Waals surface area (Å²) in [7, 11) is 1.21. The number of nitrogens with one attached hydrogen (secondary N) is 1. The maximum Gasteiger partial charge on any atom is 0.330 e. The summed E-state index contributed by atoms with van der Waals surface area (Å²) in [6.07, 6.45) is 0.692. The van der Waals surface area contributed by atoms with Crippen LogP contribution >= 0.6 is 11.3 Å². The van der Waals surface area contributed by atoms with Gasteiger partial charge in [-0.25, -0.2) is 9.78 Å². The van der Waals surface area contributed by atoms with Crippen LogP contribution in [0.3, 0.4) is 0 Å². The van der Waals surface area contributed by atoms with Crippen LogP contribution < -0.4 is 5.32 Å². The Labute approximate surface area is 125 Å². The molecule has 1 aromatic carbocycles. The second-order valence-electron chi connectivity index (χ2n) is 4.40. The summed E-state index contributed by atoms with van der Waals surface area (Å²) in [4.78, 5) is 27.5. The zero-order valence-electron chi connectivity index (χ0n) is 11.5. The van der Waals surface area contributed by atoms with Crippen LogP contribution in [-0.2, 0) is 20.7 Å². The molecule has 0 spiro atoms. The number of rotatable bonds is 6. The molecule has 7 heteroatoms. The predicted octanol–water partition coefficient (Wildman–Crippen LogP) is 0.879. The molecule has 1 atom stereocenters. The normalized spacial score (nSPS) is 12.1.